The molecule has 0 saturated carbocycles. The van der Waals surface area contributed by atoms with Gasteiger partial charge in [0.15, 0.2) is 0 Å². The number of nitrogens with one attached hydrogen (secondary N) is 1. The first kappa shape index (κ1) is 14.6. The first-order chi connectivity index (χ1) is 8.24. The highest BCUT2D eigenvalue weighted by Gasteiger charge is 2.01. The molecule has 0 bridgehead atoms. The van der Waals surface area contributed by atoms with Crippen LogP contribution in [0.4, 0.5) is 4.39 Å². The molecule has 0 aliphatic heterocycles. The maximum Gasteiger partial charge on any atom is 0.128 e. The topological polar surface area (TPSA) is 30.5 Å². The molecule has 1 rings (SSSR count). The summed E-state index contributed by atoms with van der Waals surface area (Å²) >= 11 is 3.22. The maximum atomic E-state index is 13.4. The quantitative estimate of drug-likeness (QED) is 0.748. The van der Waals surface area contributed by atoms with E-state index in [1.165, 1.54) is 6.07 Å². The Bertz CT molecular complexity index is 336. The van der Waals surface area contributed by atoms with Crippen LogP contribution in [0.15, 0.2) is 22.7 Å². The van der Waals surface area contributed by atoms with Crippen LogP contribution in [-0.4, -0.2) is 33.5 Å². The minimum absolute atomic E-state index is 0.202. The van der Waals surface area contributed by atoms with E-state index in [-0.39, 0.29) is 5.82 Å². The number of methoxy groups -OCH3 is 1. The maximum absolute atomic E-state index is 13.4. The fourth-order valence-corrected chi connectivity index (χ4v) is 1.61. The lowest BCUT2D eigenvalue weighted by Crippen LogP contribution is -2.20. The fourth-order valence-electron chi connectivity index (χ4n) is 1.28. The number of ether oxygens (including phenoxy) is 2. The molecule has 0 amide bonds. The third-order valence-corrected chi connectivity index (χ3v) is 2.68. The second-order valence-corrected chi connectivity index (χ2v) is 4.43. The van der Waals surface area contributed by atoms with E-state index in [4.69, 9.17) is 9.47 Å². The summed E-state index contributed by atoms with van der Waals surface area (Å²) in [6.45, 7) is 2.99. The molecule has 96 valence electrons. The first-order valence-corrected chi connectivity index (χ1v) is 6.24. The third-order valence-electron chi connectivity index (χ3n) is 2.19. The van der Waals surface area contributed by atoms with E-state index in [1.54, 1.807) is 13.2 Å². The lowest BCUT2D eigenvalue weighted by molar-refractivity contribution is 0.0719. The molecule has 1 N–H and O–H groups in total. The van der Waals surface area contributed by atoms with Gasteiger partial charge in [-0.25, -0.2) is 4.39 Å². The molecule has 0 aliphatic rings. The zero-order chi connectivity index (χ0) is 12.5. The average molecular weight is 306 g/mol. The van der Waals surface area contributed by atoms with Crippen molar-refractivity contribution >= 4 is 15.9 Å². The number of benzene rings is 1. The van der Waals surface area contributed by atoms with Crippen LogP contribution in [-0.2, 0) is 16.0 Å². The minimum Gasteiger partial charge on any atom is -0.382 e. The Hall–Kier alpha value is -0.490. The molecule has 0 atom stereocenters. The van der Waals surface area contributed by atoms with Crippen LogP contribution in [0.1, 0.15) is 5.56 Å². The van der Waals surface area contributed by atoms with Crippen molar-refractivity contribution in [3.63, 3.8) is 0 Å². The summed E-state index contributed by atoms with van der Waals surface area (Å²) in [7, 11) is 1.64. The van der Waals surface area contributed by atoms with Crippen molar-refractivity contribution < 1.29 is 13.9 Å². The second-order valence-electron chi connectivity index (χ2n) is 3.52. The molecular weight excluding hydrogens is 289 g/mol. The lowest BCUT2D eigenvalue weighted by atomic mass is 10.2. The highest BCUT2D eigenvalue weighted by atomic mass is 79.9. The summed E-state index contributed by atoms with van der Waals surface area (Å²) in [5, 5.41) is 3.12. The Labute approximate surface area is 109 Å². The molecule has 0 radical (unpaired) electrons. The number of rotatable bonds is 8. The van der Waals surface area contributed by atoms with E-state index in [2.05, 4.69) is 21.2 Å². The van der Waals surface area contributed by atoms with Crippen molar-refractivity contribution in [3.05, 3.63) is 34.1 Å². The predicted molar refractivity (Wildman–Crippen MR) is 68.5 cm³/mol. The molecule has 3 nitrogen and oxygen atoms in total. The van der Waals surface area contributed by atoms with Gasteiger partial charge in [-0.2, -0.15) is 0 Å². The third kappa shape index (κ3) is 6.12. The Morgan fingerprint density at radius 3 is 2.82 bits per heavy atom. The molecule has 0 saturated heterocycles. The lowest BCUT2D eigenvalue weighted by Gasteiger charge is -2.07. The van der Waals surface area contributed by atoms with Gasteiger partial charge < -0.3 is 14.8 Å². The standard InChI is InChI=1S/C12H17BrFNO2/c1-16-6-7-17-5-4-15-9-10-2-3-11(13)8-12(10)14/h2-3,8,15H,4-7,9H2,1H3. The summed E-state index contributed by atoms with van der Waals surface area (Å²) in [6.07, 6.45) is 0. The van der Waals surface area contributed by atoms with Crippen molar-refractivity contribution in [2.24, 2.45) is 0 Å². The average Bonchev–Trinajstić information content (AvgIpc) is 2.30. The minimum atomic E-state index is -0.202. The van der Waals surface area contributed by atoms with E-state index < -0.39 is 0 Å². The number of halogens is 2. The van der Waals surface area contributed by atoms with Gasteiger partial charge in [0.25, 0.3) is 0 Å². The van der Waals surface area contributed by atoms with Crippen LogP contribution in [0.3, 0.4) is 0 Å². The molecule has 0 aliphatic carbocycles. The van der Waals surface area contributed by atoms with Crippen molar-refractivity contribution in [1.29, 1.82) is 0 Å². The number of hydrogen-bond acceptors (Lipinski definition) is 3. The molecule has 0 spiro atoms. The Balaban J connectivity index is 2.14. The van der Waals surface area contributed by atoms with Gasteiger partial charge in [-0.3, -0.25) is 0 Å². The zero-order valence-electron chi connectivity index (χ0n) is 9.84. The molecule has 0 fully saturated rings. The second kappa shape index (κ2) is 8.58. The van der Waals surface area contributed by atoms with Crippen molar-refractivity contribution in [1.82, 2.24) is 5.32 Å². The SMILES string of the molecule is COCCOCCNCc1ccc(Br)cc1F. The normalized spacial score (nSPS) is 10.8. The molecule has 1 aromatic carbocycles. The summed E-state index contributed by atoms with van der Waals surface area (Å²) < 4.78 is 24.3. The van der Waals surface area contributed by atoms with E-state index >= 15 is 0 Å². The summed E-state index contributed by atoms with van der Waals surface area (Å²) in [5.74, 6) is -0.202. The van der Waals surface area contributed by atoms with Crippen LogP contribution >= 0.6 is 15.9 Å². The smallest absolute Gasteiger partial charge is 0.128 e. The highest BCUT2D eigenvalue weighted by molar-refractivity contribution is 9.10. The van der Waals surface area contributed by atoms with Crippen molar-refractivity contribution in [2.45, 2.75) is 6.54 Å². The van der Waals surface area contributed by atoms with Gasteiger partial charge in [-0.05, 0) is 12.1 Å². The first-order valence-electron chi connectivity index (χ1n) is 5.45. The molecule has 0 unspecified atom stereocenters. The Morgan fingerprint density at radius 1 is 1.29 bits per heavy atom. The van der Waals surface area contributed by atoms with Gasteiger partial charge in [-0.1, -0.05) is 22.0 Å². The van der Waals surface area contributed by atoms with Gasteiger partial charge >= 0.3 is 0 Å². The van der Waals surface area contributed by atoms with Gasteiger partial charge in [0.1, 0.15) is 5.82 Å². The van der Waals surface area contributed by atoms with E-state index in [0.717, 1.165) is 4.47 Å². The van der Waals surface area contributed by atoms with Crippen molar-refractivity contribution in [2.75, 3.05) is 33.5 Å². The van der Waals surface area contributed by atoms with Gasteiger partial charge in [-0.15, -0.1) is 0 Å². The summed E-state index contributed by atoms with van der Waals surface area (Å²) in [6, 6.07) is 5.06. The zero-order valence-corrected chi connectivity index (χ0v) is 11.4. The summed E-state index contributed by atoms with van der Waals surface area (Å²) in [5.41, 5.74) is 0.657. The largest absolute Gasteiger partial charge is 0.382 e. The monoisotopic (exact) mass is 305 g/mol. The van der Waals surface area contributed by atoms with Crippen molar-refractivity contribution in [3.8, 4) is 0 Å². The van der Waals surface area contributed by atoms with Crippen LogP contribution in [0.25, 0.3) is 0 Å². The van der Waals surface area contributed by atoms with E-state index in [9.17, 15) is 4.39 Å². The van der Waals surface area contributed by atoms with Gasteiger partial charge in [0, 0.05) is 30.2 Å². The van der Waals surface area contributed by atoms with E-state index in [1.807, 2.05) is 6.07 Å². The number of hydrogen-bond donors (Lipinski definition) is 1. The molecule has 5 heteroatoms. The Kier molecular flexibility index (Phi) is 7.35. The predicted octanol–water partition coefficient (Wildman–Crippen LogP) is 2.34. The molecule has 0 aromatic heterocycles. The molecule has 1 aromatic rings. The molecule has 0 heterocycles. The van der Waals surface area contributed by atoms with Crippen LogP contribution in [0, 0.1) is 5.82 Å². The van der Waals surface area contributed by atoms with E-state index in [0.29, 0.717) is 38.5 Å². The molecular formula is C12H17BrFNO2. The fraction of sp³-hybridized carbons (Fsp3) is 0.500. The van der Waals surface area contributed by atoms with Crippen LogP contribution < -0.4 is 5.32 Å². The molecule has 17 heavy (non-hydrogen) atoms. The van der Waals surface area contributed by atoms with Crippen LogP contribution in [0.5, 0.6) is 0 Å². The van der Waals surface area contributed by atoms with Gasteiger partial charge in [0.2, 0.25) is 0 Å². The van der Waals surface area contributed by atoms with Crippen LogP contribution in [0.2, 0.25) is 0 Å². The van der Waals surface area contributed by atoms with Gasteiger partial charge in [0.05, 0.1) is 19.8 Å². The highest BCUT2D eigenvalue weighted by Crippen LogP contribution is 2.14. The summed E-state index contributed by atoms with van der Waals surface area (Å²) in [4.78, 5) is 0. The Morgan fingerprint density at radius 2 is 2.12 bits per heavy atom.